The molecule has 1 atom stereocenters. The van der Waals surface area contributed by atoms with Crippen LogP contribution in [0.4, 0.5) is 11.4 Å². The first-order valence-corrected chi connectivity index (χ1v) is 5.67. The van der Waals surface area contributed by atoms with E-state index in [4.69, 9.17) is 4.74 Å². The standard InChI is InChI=1S/C13H22N2O/c1-11(9-10-16-4)14-12-7-5-6-8-13(12)15(2)3/h5-8,11,14H,9-10H2,1-4H3. The molecule has 1 unspecified atom stereocenters. The molecule has 3 nitrogen and oxygen atoms in total. The summed E-state index contributed by atoms with van der Waals surface area (Å²) in [5.41, 5.74) is 2.39. The van der Waals surface area contributed by atoms with Gasteiger partial charge in [-0.05, 0) is 25.5 Å². The minimum Gasteiger partial charge on any atom is -0.385 e. The van der Waals surface area contributed by atoms with Gasteiger partial charge in [0, 0.05) is 33.9 Å². The Morgan fingerprint density at radius 2 is 2.00 bits per heavy atom. The van der Waals surface area contributed by atoms with Gasteiger partial charge in [-0.1, -0.05) is 12.1 Å². The molecule has 1 aromatic carbocycles. The monoisotopic (exact) mass is 222 g/mol. The van der Waals surface area contributed by atoms with E-state index < -0.39 is 0 Å². The fraction of sp³-hybridized carbons (Fsp3) is 0.538. The number of ether oxygens (including phenoxy) is 1. The van der Waals surface area contributed by atoms with Gasteiger partial charge in [-0.15, -0.1) is 0 Å². The maximum absolute atomic E-state index is 5.08. The van der Waals surface area contributed by atoms with Gasteiger partial charge in [0.05, 0.1) is 11.4 Å². The number of hydrogen-bond acceptors (Lipinski definition) is 3. The molecule has 1 N–H and O–H groups in total. The van der Waals surface area contributed by atoms with Gasteiger partial charge in [0.1, 0.15) is 0 Å². The number of para-hydroxylation sites is 2. The first-order valence-electron chi connectivity index (χ1n) is 5.67. The molecule has 0 bridgehead atoms. The van der Waals surface area contributed by atoms with E-state index >= 15 is 0 Å². The summed E-state index contributed by atoms with van der Waals surface area (Å²) in [5.74, 6) is 0. The van der Waals surface area contributed by atoms with Crippen molar-refractivity contribution >= 4 is 11.4 Å². The van der Waals surface area contributed by atoms with Gasteiger partial charge >= 0.3 is 0 Å². The zero-order valence-electron chi connectivity index (χ0n) is 10.7. The Kier molecular flexibility index (Phi) is 5.12. The van der Waals surface area contributed by atoms with Crippen molar-refractivity contribution in [2.45, 2.75) is 19.4 Å². The van der Waals surface area contributed by atoms with Crippen molar-refractivity contribution in [1.82, 2.24) is 0 Å². The van der Waals surface area contributed by atoms with E-state index in [0.29, 0.717) is 6.04 Å². The fourth-order valence-electron chi connectivity index (χ4n) is 1.62. The molecule has 1 aromatic rings. The molecule has 0 aliphatic carbocycles. The second kappa shape index (κ2) is 6.38. The highest BCUT2D eigenvalue weighted by molar-refractivity contribution is 5.69. The summed E-state index contributed by atoms with van der Waals surface area (Å²) in [6, 6.07) is 8.75. The van der Waals surface area contributed by atoms with E-state index in [1.54, 1.807) is 7.11 Å². The van der Waals surface area contributed by atoms with Crippen LogP contribution in [0.3, 0.4) is 0 Å². The Bertz CT molecular complexity index is 313. The number of hydrogen-bond donors (Lipinski definition) is 1. The molecule has 0 heterocycles. The van der Waals surface area contributed by atoms with Crippen molar-refractivity contribution in [2.24, 2.45) is 0 Å². The second-order valence-corrected chi connectivity index (χ2v) is 4.24. The fourth-order valence-corrected chi connectivity index (χ4v) is 1.62. The van der Waals surface area contributed by atoms with Gasteiger partial charge in [-0.2, -0.15) is 0 Å². The zero-order valence-corrected chi connectivity index (χ0v) is 10.7. The Balaban J connectivity index is 2.65. The van der Waals surface area contributed by atoms with Gasteiger partial charge in [0.2, 0.25) is 0 Å². The molecule has 0 aromatic heterocycles. The minimum atomic E-state index is 0.418. The smallest absolute Gasteiger partial charge is 0.0596 e. The third-order valence-corrected chi connectivity index (χ3v) is 2.54. The predicted octanol–water partition coefficient (Wildman–Crippen LogP) is 2.59. The van der Waals surface area contributed by atoms with Crippen LogP contribution in [0.1, 0.15) is 13.3 Å². The van der Waals surface area contributed by atoms with Crippen molar-refractivity contribution in [3.63, 3.8) is 0 Å². The number of methoxy groups -OCH3 is 1. The first-order chi connectivity index (χ1) is 7.65. The van der Waals surface area contributed by atoms with Crippen LogP contribution in [0.5, 0.6) is 0 Å². The van der Waals surface area contributed by atoms with E-state index in [-0.39, 0.29) is 0 Å². The third-order valence-electron chi connectivity index (χ3n) is 2.54. The molecule has 3 heteroatoms. The Hall–Kier alpha value is -1.22. The van der Waals surface area contributed by atoms with Crippen LogP contribution >= 0.6 is 0 Å². The number of benzene rings is 1. The highest BCUT2D eigenvalue weighted by Gasteiger charge is 2.06. The van der Waals surface area contributed by atoms with Crippen molar-refractivity contribution in [3.05, 3.63) is 24.3 Å². The van der Waals surface area contributed by atoms with Gasteiger partial charge in [-0.3, -0.25) is 0 Å². The molecule has 16 heavy (non-hydrogen) atoms. The summed E-state index contributed by atoms with van der Waals surface area (Å²) >= 11 is 0. The van der Waals surface area contributed by atoms with Gasteiger partial charge in [-0.25, -0.2) is 0 Å². The molecule has 0 saturated heterocycles. The summed E-state index contributed by atoms with van der Waals surface area (Å²) < 4.78 is 5.08. The van der Waals surface area contributed by atoms with E-state index in [0.717, 1.165) is 13.0 Å². The van der Waals surface area contributed by atoms with Gasteiger partial charge in [0.25, 0.3) is 0 Å². The third kappa shape index (κ3) is 3.74. The highest BCUT2D eigenvalue weighted by atomic mass is 16.5. The molecule has 0 radical (unpaired) electrons. The summed E-state index contributed by atoms with van der Waals surface area (Å²) in [7, 11) is 5.85. The topological polar surface area (TPSA) is 24.5 Å². The second-order valence-electron chi connectivity index (χ2n) is 4.24. The largest absolute Gasteiger partial charge is 0.385 e. The number of nitrogens with one attached hydrogen (secondary N) is 1. The summed E-state index contributed by atoms with van der Waals surface area (Å²) in [4.78, 5) is 2.12. The van der Waals surface area contributed by atoms with Crippen LogP contribution < -0.4 is 10.2 Å². The lowest BCUT2D eigenvalue weighted by atomic mass is 10.2. The Labute approximate surface area is 98.4 Å². The first kappa shape index (κ1) is 12.8. The molecular weight excluding hydrogens is 200 g/mol. The lowest BCUT2D eigenvalue weighted by Crippen LogP contribution is -2.19. The average Bonchev–Trinajstić information content (AvgIpc) is 2.27. The number of nitrogens with zero attached hydrogens (tertiary/aromatic N) is 1. The summed E-state index contributed by atoms with van der Waals surface area (Å²) in [5, 5.41) is 3.50. The van der Waals surface area contributed by atoms with Crippen molar-refractivity contribution in [1.29, 1.82) is 0 Å². The minimum absolute atomic E-state index is 0.418. The molecule has 90 valence electrons. The van der Waals surface area contributed by atoms with Crippen LogP contribution in [0, 0.1) is 0 Å². The van der Waals surface area contributed by atoms with E-state index in [1.807, 2.05) is 0 Å². The highest BCUT2D eigenvalue weighted by Crippen LogP contribution is 2.24. The Morgan fingerprint density at radius 1 is 1.31 bits per heavy atom. The number of anilines is 2. The van der Waals surface area contributed by atoms with Gasteiger partial charge < -0.3 is 15.0 Å². The van der Waals surface area contributed by atoms with E-state index in [9.17, 15) is 0 Å². The van der Waals surface area contributed by atoms with Crippen molar-refractivity contribution in [3.8, 4) is 0 Å². The molecule has 0 amide bonds. The lowest BCUT2D eigenvalue weighted by molar-refractivity contribution is 0.191. The molecule has 0 saturated carbocycles. The zero-order chi connectivity index (χ0) is 12.0. The SMILES string of the molecule is COCCC(C)Nc1ccccc1N(C)C. The molecule has 0 aliphatic rings. The van der Waals surface area contributed by atoms with E-state index in [2.05, 4.69) is 55.5 Å². The van der Waals surface area contributed by atoms with Crippen LogP contribution in [0.15, 0.2) is 24.3 Å². The quantitative estimate of drug-likeness (QED) is 0.800. The molecular formula is C13H22N2O. The van der Waals surface area contributed by atoms with Crippen LogP contribution in [-0.2, 0) is 4.74 Å². The molecule has 0 aliphatic heterocycles. The Morgan fingerprint density at radius 3 is 2.62 bits per heavy atom. The molecule has 0 fully saturated rings. The summed E-state index contributed by atoms with van der Waals surface area (Å²) in [6.07, 6.45) is 1.01. The van der Waals surface area contributed by atoms with Crippen LogP contribution in [0.25, 0.3) is 0 Å². The maximum atomic E-state index is 5.08. The predicted molar refractivity (Wildman–Crippen MR) is 70.3 cm³/mol. The number of rotatable bonds is 6. The molecule has 0 spiro atoms. The van der Waals surface area contributed by atoms with Gasteiger partial charge in [0.15, 0.2) is 0 Å². The van der Waals surface area contributed by atoms with Crippen molar-refractivity contribution < 1.29 is 4.74 Å². The normalized spacial score (nSPS) is 12.2. The lowest BCUT2D eigenvalue weighted by Gasteiger charge is -2.21. The van der Waals surface area contributed by atoms with E-state index in [1.165, 1.54) is 11.4 Å². The molecule has 1 rings (SSSR count). The van der Waals surface area contributed by atoms with Crippen molar-refractivity contribution in [2.75, 3.05) is 38.0 Å². The van der Waals surface area contributed by atoms with Crippen LogP contribution in [0.2, 0.25) is 0 Å². The maximum Gasteiger partial charge on any atom is 0.0596 e. The average molecular weight is 222 g/mol. The summed E-state index contributed by atoms with van der Waals surface area (Å²) in [6.45, 7) is 2.96. The van der Waals surface area contributed by atoms with Crippen LogP contribution in [-0.4, -0.2) is 33.9 Å².